The molecule has 0 bridgehead atoms. The highest BCUT2D eigenvalue weighted by atomic mass is 35.5. The summed E-state index contributed by atoms with van der Waals surface area (Å²) in [6, 6.07) is 11.4. The number of carbonyl (C=O) groups excluding carboxylic acids is 3. The summed E-state index contributed by atoms with van der Waals surface area (Å²) < 4.78 is 0.447. The normalized spacial score (nSPS) is 17.7. The van der Waals surface area contributed by atoms with Crippen LogP contribution < -0.4 is 0 Å². The Kier molecular flexibility index (Phi) is 4.66. The van der Waals surface area contributed by atoms with Crippen LogP contribution in [0.3, 0.4) is 0 Å². The van der Waals surface area contributed by atoms with Gasteiger partial charge >= 0.3 is 6.03 Å². The minimum Gasteiger partial charge on any atom is -0.365 e. The van der Waals surface area contributed by atoms with Crippen molar-refractivity contribution in [2.24, 2.45) is 0 Å². The highest BCUT2D eigenvalue weighted by Gasteiger charge is 2.44. The molecular formula is C16H13ClN2O4S. The summed E-state index contributed by atoms with van der Waals surface area (Å²) in [6.07, 6.45) is -1.59. The number of imide groups is 1. The average molecular weight is 365 g/mol. The first kappa shape index (κ1) is 16.6. The highest BCUT2D eigenvalue weighted by Crippen LogP contribution is 2.24. The van der Waals surface area contributed by atoms with E-state index in [1.54, 1.807) is 36.4 Å². The van der Waals surface area contributed by atoms with Crippen molar-refractivity contribution in [3.63, 3.8) is 0 Å². The van der Waals surface area contributed by atoms with Crippen molar-refractivity contribution in [1.82, 2.24) is 9.80 Å². The lowest BCUT2D eigenvalue weighted by atomic mass is 10.2. The zero-order valence-electron chi connectivity index (χ0n) is 12.4. The lowest BCUT2D eigenvalue weighted by Crippen LogP contribution is -2.36. The van der Waals surface area contributed by atoms with Crippen molar-refractivity contribution in [2.75, 3.05) is 6.54 Å². The topological polar surface area (TPSA) is 77.9 Å². The van der Waals surface area contributed by atoms with Crippen LogP contribution in [-0.4, -0.2) is 45.4 Å². The Labute approximate surface area is 146 Å². The third kappa shape index (κ3) is 3.19. The molecule has 8 heteroatoms. The molecule has 1 aliphatic rings. The minimum absolute atomic E-state index is 0.0854. The van der Waals surface area contributed by atoms with Gasteiger partial charge in [0.05, 0.1) is 22.3 Å². The van der Waals surface area contributed by atoms with Gasteiger partial charge in [-0.15, -0.1) is 11.3 Å². The Morgan fingerprint density at radius 3 is 2.50 bits per heavy atom. The molecule has 1 atom stereocenters. The van der Waals surface area contributed by atoms with Gasteiger partial charge in [0.25, 0.3) is 5.91 Å². The fourth-order valence-electron chi connectivity index (χ4n) is 2.39. The molecule has 124 valence electrons. The number of amides is 3. The predicted octanol–water partition coefficient (Wildman–Crippen LogP) is 2.37. The van der Waals surface area contributed by atoms with Gasteiger partial charge in [-0.2, -0.15) is 0 Å². The number of carbonyl (C=O) groups is 3. The van der Waals surface area contributed by atoms with Crippen LogP contribution in [0, 0.1) is 0 Å². The second kappa shape index (κ2) is 6.72. The summed E-state index contributed by atoms with van der Waals surface area (Å²) in [5, 5.41) is 10.0. The molecule has 1 unspecified atom stereocenters. The second-order valence-corrected chi connectivity index (χ2v) is 6.94. The molecule has 1 N–H and O–H groups in total. The van der Waals surface area contributed by atoms with E-state index < -0.39 is 30.5 Å². The standard InChI is InChI=1S/C16H13ClN2O4S/c17-13-7-6-12(24-13)11(20)9-19-15(22)14(21)18(16(19)23)8-10-4-2-1-3-5-10/h1-7,14,21H,8-9H2. The first-order chi connectivity index (χ1) is 11.5. The van der Waals surface area contributed by atoms with Gasteiger partial charge in [0, 0.05) is 0 Å². The van der Waals surface area contributed by atoms with Crippen LogP contribution >= 0.6 is 22.9 Å². The number of Topliss-reactive ketones (excluding diaryl/α,β-unsaturated/α-hetero) is 1. The van der Waals surface area contributed by atoms with Gasteiger partial charge in [0.2, 0.25) is 6.23 Å². The second-order valence-electron chi connectivity index (χ2n) is 5.22. The molecule has 0 saturated carbocycles. The van der Waals surface area contributed by atoms with Gasteiger partial charge in [-0.1, -0.05) is 41.9 Å². The number of halogens is 1. The number of hydrogen-bond donors (Lipinski definition) is 1. The van der Waals surface area contributed by atoms with E-state index in [4.69, 9.17) is 11.6 Å². The van der Waals surface area contributed by atoms with E-state index in [1.165, 1.54) is 0 Å². The van der Waals surface area contributed by atoms with E-state index in [2.05, 4.69) is 0 Å². The molecule has 1 aromatic heterocycles. The lowest BCUT2D eigenvalue weighted by molar-refractivity contribution is -0.136. The fraction of sp³-hybridized carbons (Fsp3) is 0.188. The highest BCUT2D eigenvalue weighted by molar-refractivity contribution is 7.18. The van der Waals surface area contributed by atoms with Gasteiger partial charge in [0.1, 0.15) is 0 Å². The molecule has 24 heavy (non-hydrogen) atoms. The van der Waals surface area contributed by atoms with Crippen LogP contribution in [0.15, 0.2) is 42.5 Å². The molecule has 1 aliphatic heterocycles. The number of hydrogen-bond acceptors (Lipinski definition) is 5. The predicted molar refractivity (Wildman–Crippen MR) is 88.8 cm³/mol. The Morgan fingerprint density at radius 2 is 1.88 bits per heavy atom. The summed E-state index contributed by atoms with van der Waals surface area (Å²) >= 11 is 6.86. The Morgan fingerprint density at radius 1 is 1.17 bits per heavy atom. The molecule has 2 heterocycles. The van der Waals surface area contributed by atoms with E-state index in [1.807, 2.05) is 6.07 Å². The summed E-state index contributed by atoms with van der Waals surface area (Å²) in [6.45, 7) is -0.334. The van der Waals surface area contributed by atoms with Crippen molar-refractivity contribution in [3.8, 4) is 0 Å². The van der Waals surface area contributed by atoms with Gasteiger partial charge in [-0.3, -0.25) is 19.4 Å². The molecule has 0 aliphatic carbocycles. The largest absolute Gasteiger partial charge is 0.365 e. The van der Waals surface area contributed by atoms with Crippen LogP contribution in [0.5, 0.6) is 0 Å². The van der Waals surface area contributed by atoms with Crippen molar-refractivity contribution < 1.29 is 19.5 Å². The molecular weight excluding hydrogens is 352 g/mol. The molecule has 1 saturated heterocycles. The summed E-state index contributed by atoms with van der Waals surface area (Å²) in [7, 11) is 0. The van der Waals surface area contributed by atoms with E-state index in [0.29, 0.717) is 9.21 Å². The number of ketones is 1. The maximum atomic E-state index is 12.4. The number of urea groups is 1. The monoisotopic (exact) mass is 364 g/mol. The van der Waals surface area contributed by atoms with Crippen LogP contribution in [-0.2, 0) is 11.3 Å². The number of benzene rings is 1. The summed E-state index contributed by atoms with van der Waals surface area (Å²) in [4.78, 5) is 38.9. The van der Waals surface area contributed by atoms with E-state index in [-0.39, 0.29) is 6.54 Å². The summed E-state index contributed by atoms with van der Waals surface area (Å²) in [5.41, 5.74) is 0.774. The van der Waals surface area contributed by atoms with Crippen LogP contribution in [0.25, 0.3) is 0 Å². The van der Waals surface area contributed by atoms with E-state index in [9.17, 15) is 19.5 Å². The first-order valence-corrected chi connectivity index (χ1v) is 8.29. The van der Waals surface area contributed by atoms with Crippen molar-refractivity contribution in [2.45, 2.75) is 12.8 Å². The van der Waals surface area contributed by atoms with Gasteiger partial charge < -0.3 is 5.11 Å². The van der Waals surface area contributed by atoms with E-state index in [0.717, 1.165) is 26.7 Å². The van der Waals surface area contributed by atoms with Crippen molar-refractivity contribution in [1.29, 1.82) is 0 Å². The fourth-order valence-corrected chi connectivity index (χ4v) is 3.37. The Bertz CT molecular complexity index is 792. The first-order valence-electron chi connectivity index (χ1n) is 7.10. The Balaban J connectivity index is 1.74. The smallest absolute Gasteiger partial charge is 0.330 e. The third-order valence-corrected chi connectivity index (χ3v) is 4.88. The zero-order chi connectivity index (χ0) is 17.3. The number of aliphatic hydroxyl groups is 1. The third-order valence-electron chi connectivity index (χ3n) is 3.60. The molecule has 0 radical (unpaired) electrons. The molecule has 1 aromatic carbocycles. The quantitative estimate of drug-likeness (QED) is 0.652. The summed E-state index contributed by atoms with van der Waals surface area (Å²) in [5.74, 6) is -1.20. The molecule has 3 rings (SSSR count). The number of aliphatic hydroxyl groups excluding tert-OH is 1. The Hall–Kier alpha value is -2.22. The molecule has 3 amide bonds. The van der Waals surface area contributed by atoms with Gasteiger partial charge in [0.15, 0.2) is 5.78 Å². The molecule has 6 nitrogen and oxygen atoms in total. The molecule has 0 spiro atoms. The van der Waals surface area contributed by atoms with Crippen molar-refractivity contribution >= 4 is 40.7 Å². The van der Waals surface area contributed by atoms with E-state index >= 15 is 0 Å². The number of thiophene rings is 1. The minimum atomic E-state index is -1.59. The zero-order valence-corrected chi connectivity index (χ0v) is 14.0. The van der Waals surface area contributed by atoms with Crippen LogP contribution in [0.4, 0.5) is 4.79 Å². The van der Waals surface area contributed by atoms with Crippen LogP contribution in [0.2, 0.25) is 4.34 Å². The van der Waals surface area contributed by atoms with Crippen LogP contribution in [0.1, 0.15) is 15.2 Å². The average Bonchev–Trinajstić information content (AvgIpc) is 3.09. The van der Waals surface area contributed by atoms with Crippen molar-refractivity contribution in [3.05, 3.63) is 57.2 Å². The maximum Gasteiger partial charge on any atom is 0.330 e. The lowest BCUT2D eigenvalue weighted by Gasteiger charge is -2.18. The number of nitrogens with zero attached hydrogens (tertiary/aromatic N) is 2. The molecule has 2 aromatic rings. The SMILES string of the molecule is O=C(CN1C(=O)C(O)N(Cc2ccccc2)C1=O)c1ccc(Cl)s1. The maximum absolute atomic E-state index is 12.4. The van der Waals surface area contributed by atoms with Gasteiger partial charge in [-0.25, -0.2) is 4.79 Å². The van der Waals surface area contributed by atoms with Gasteiger partial charge in [-0.05, 0) is 17.7 Å². The number of rotatable bonds is 5. The molecule has 1 fully saturated rings.